The molecule has 6 nitrogen and oxygen atoms in total. The van der Waals surface area contributed by atoms with Crippen LogP contribution in [0.15, 0.2) is 28.1 Å². The smallest absolute Gasteiger partial charge is 0.254 e. The number of carbonyl (C=O) groups is 3. The molecule has 2 unspecified atom stereocenters. The molecule has 0 radical (unpaired) electrons. The van der Waals surface area contributed by atoms with Crippen LogP contribution < -0.4 is 10.2 Å². The third kappa shape index (κ3) is 4.38. The summed E-state index contributed by atoms with van der Waals surface area (Å²) >= 11 is 4.91. The number of rotatable bonds is 5. The lowest BCUT2D eigenvalue weighted by atomic mass is 10.1. The first-order valence-corrected chi connectivity index (χ1v) is 11.5. The Bertz CT molecular complexity index is 899. The average Bonchev–Trinajstić information content (AvgIpc) is 3.34. The molecule has 0 bridgehead atoms. The number of hydrogen-bond acceptors (Lipinski definition) is 4. The number of aryl methyl sites for hydroxylation is 1. The molecule has 1 N–H and O–H groups in total. The molecule has 1 saturated carbocycles. The van der Waals surface area contributed by atoms with E-state index in [2.05, 4.69) is 21.2 Å². The van der Waals surface area contributed by atoms with Gasteiger partial charge in [0.1, 0.15) is 0 Å². The predicted molar refractivity (Wildman–Crippen MR) is 118 cm³/mol. The first kappa shape index (κ1) is 20.5. The van der Waals surface area contributed by atoms with Crippen molar-refractivity contribution in [3.8, 4) is 0 Å². The normalized spacial score (nSPS) is 23.9. The van der Waals surface area contributed by atoms with Gasteiger partial charge in [0, 0.05) is 41.1 Å². The SMILES string of the molecule is Cc1cc(N2CC(NC(=O)C3CC=C(Br)S3)CC2=O)ccc1C(=O)N(C)C1CC1. The highest BCUT2D eigenvalue weighted by molar-refractivity contribution is 9.14. The minimum Gasteiger partial charge on any atom is -0.350 e. The molecule has 8 heteroatoms. The first-order valence-electron chi connectivity index (χ1n) is 9.84. The summed E-state index contributed by atoms with van der Waals surface area (Å²) < 4.78 is 0.985. The zero-order valence-electron chi connectivity index (χ0n) is 16.5. The van der Waals surface area contributed by atoms with Crippen LogP contribution in [-0.2, 0) is 9.59 Å². The van der Waals surface area contributed by atoms with Crippen LogP contribution in [0.5, 0.6) is 0 Å². The number of halogens is 1. The van der Waals surface area contributed by atoms with Gasteiger partial charge in [0.05, 0.1) is 11.3 Å². The number of thioether (sulfide) groups is 1. The van der Waals surface area contributed by atoms with E-state index in [4.69, 9.17) is 0 Å². The molecule has 3 amide bonds. The Morgan fingerprint density at radius 1 is 1.31 bits per heavy atom. The lowest BCUT2D eigenvalue weighted by molar-refractivity contribution is -0.121. The van der Waals surface area contributed by atoms with E-state index in [1.165, 1.54) is 11.8 Å². The Labute approximate surface area is 183 Å². The van der Waals surface area contributed by atoms with E-state index in [-0.39, 0.29) is 29.0 Å². The number of nitrogens with one attached hydrogen (secondary N) is 1. The van der Waals surface area contributed by atoms with Crippen molar-refractivity contribution in [2.75, 3.05) is 18.5 Å². The van der Waals surface area contributed by atoms with Gasteiger partial charge >= 0.3 is 0 Å². The summed E-state index contributed by atoms with van der Waals surface area (Å²) in [7, 11) is 1.85. The van der Waals surface area contributed by atoms with E-state index in [0.29, 0.717) is 31.0 Å². The first-order chi connectivity index (χ1) is 13.8. The number of hydrogen-bond donors (Lipinski definition) is 1. The van der Waals surface area contributed by atoms with Gasteiger partial charge in [0.25, 0.3) is 5.91 Å². The highest BCUT2D eigenvalue weighted by atomic mass is 79.9. The standard InChI is InChI=1S/C21H24BrN3O3S/c1-12-9-15(5-6-16(12)21(28)24(2)14-3-4-14)25-11-13(10-19(25)26)23-20(27)17-7-8-18(22)29-17/h5-6,8-9,13-14,17H,3-4,7,10-11H2,1-2H3,(H,23,27). The van der Waals surface area contributed by atoms with Crippen LogP contribution in [0.1, 0.15) is 41.6 Å². The van der Waals surface area contributed by atoms with Crippen molar-refractivity contribution < 1.29 is 14.4 Å². The molecule has 3 aliphatic rings. The molecule has 4 rings (SSSR count). The molecule has 1 aromatic rings. The van der Waals surface area contributed by atoms with Crippen LogP contribution in [0.2, 0.25) is 0 Å². The Hall–Kier alpha value is -1.80. The molecule has 1 aliphatic carbocycles. The van der Waals surface area contributed by atoms with Crippen molar-refractivity contribution in [2.24, 2.45) is 0 Å². The molecule has 1 aromatic carbocycles. The number of carbonyl (C=O) groups excluding carboxylic acids is 3. The number of anilines is 1. The van der Waals surface area contributed by atoms with Crippen molar-refractivity contribution in [1.82, 2.24) is 10.2 Å². The molecule has 2 atom stereocenters. The molecule has 1 saturated heterocycles. The van der Waals surface area contributed by atoms with Crippen LogP contribution in [0.3, 0.4) is 0 Å². The third-order valence-corrected chi connectivity index (χ3v) is 7.65. The van der Waals surface area contributed by atoms with Crippen molar-refractivity contribution in [1.29, 1.82) is 0 Å². The second-order valence-corrected chi connectivity index (χ2v) is 10.5. The topological polar surface area (TPSA) is 69.7 Å². The van der Waals surface area contributed by atoms with Crippen LogP contribution in [0.25, 0.3) is 0 Å². The Kier molecular flexibility index (Phi) is 5.75. The van der Waals surface area contributed by atoms with Crippen molar-refractivity contribution >= 4 is 51.1 Å². The molecule has 0 aromatic heterocycles. The zero-order chi connectivity index (χ0) is 20.7. The minimum absolute atomic E-state index is 0.0118. The molecule has 154 valence electrons. The molecule has 2 fully saturated rings. The van der Waals surface area contributed by atoms with E-state index in [1.54, 1.807) is 4.90 Å². The summed E-state index contributed by atoms with van der Waals surface area (Å²) in [5.74, 6) is -0.00823. The molecule has 0 spiro atoms. The van der Waals surface area contributed by atoms with Gasteiger partial charge in [-0.05, 0) is 65.9 Å². The maximum atomic E-state index is 12.7. The summed E-state index contributed by atoms with van der Waals surface area (Å²) in [6.45, 7) is 2.35. The number of allylic oxidation sites excluding steroid dienone is 1. The number of benzene rings is 1. The summed E-state index contributed by atoms with van der Waals surface area (Å²) in [6, 6.07) is 5.70. The Morgan fingerprint density at radius 3 is 2.69 bits per heavy atom. The van der Waals surface area contributed by atoms with Gasteiger partial charge in [-0.15, -0.1) is 11.8 Å². The van der Waals surface area contributed by atoms with E-state index in [1.807, 2.05) is 43.1 Å². The van der Waals surface area contributed by atoms with Gasteiger partial charge in [-0.3, -0.25) is 14.4 Å². The minimum atomic E-state index is -0.197. The quantitative estimate of drug-likeness (QED) is 0.706. The summed E-state index contributed by atoms with van der Waals surface area (Å²) in [5, 5.41) is 2.88. The van der Waals surface area contributed by atoms with Crippen molar-refractivity contribution in [3.05, 3.63) is 39.2 Å². The van der Waals surface area contributed by atoms with E-state index in [9.17, 15) is 14.4 Å². The average molecular weight is 478 g/mol. The number of nitrogens with zero attached hydrogens (tertiary/aromatic N) is 2. The summed E-state index contributed by atoms with van der Waals surface area (Å²) in [6.07, 6.45) is 5.13. The highest BCUT2D eigenvalue weighted by Gasteiger charge is 2.35. The fraction of sp³-hybridized carbons (Fsp3) is 0.476. The van der Waals surface area contributed by atoms with Crippen LogP contribution >= 0.6 is 27.7 Å². The predicted octanol–water partition coefficient (Wildman–Crippen LogP) is 3.19. The van der Waals surface area contributed by atoms with E-state index < -0.39 is 0 Å². The van der Waals surface area contributed by atoms with Gasteiger partial charge in [0.15, 0.2) is 0 Å². The van der Waals surface area contributed by atoms with Crippen LogP contribution in [0.4, 0.5) is 5.69 Å². The molecule has 2 heterocycles. The molecular formula is C21H24BrN3O3S. The monoisotopic (exact) mass is 477 g/mol. The third-order valence-electron chi connectivity index (χ3n) is 5.68. The molecular weight excluding hydrogens is 454 g/mol. The Balaban J connectivity index is 1.40. The highest BCUT2D eigenvalue weighted by Crippen LogP contribution is 2.36. The maximum absolute atomic E-state index is 12.7. The van der Waals surface area contributed by atoms with Crippen molar-refractivity contribution in [2.45, 2.75) is 49.9 Å². The maximum Gasteiger partial charge on any atom is 0.254 e. The fourth-order valence-electron chi connectivity index (χ4n) is 3.81. The Morgan fingerprint density at radius 2 is 2.07 bits per heavy atom. The van der Waals surface area contributed by atoms with Gasteiger partial charge in [0.2, 0.25) is 11.8 Å². The summed E-state index contributed by atoms with van der Waals surface area (Å²) in [4.78, 5) is 41.2. The molecule has 2 aliphatic heterocycles. The van der Waals surface area contributed by atoms with Crippen LogP contribution in [-0.4, -0.2) is 53.5 Å². The number of amides is 3. The second kappa shape index (κ2) is 8.14. The van der Waals surface area contributed by atoms with Gasteiger partial charge in [-0.2, -0.15) is 0 Å². The van der Waals surface area contributed by atoms with Gasteiger partial charge < -0.3 is 15.1 Å². The zero-order valence-corrected chi connectivity index (χ0v) is 18.9. The van der Waals surface area contributed by atoms with Crippen LogP contribution in [0, 0.1) is 6.92 Å². The second-order valence-electron chi connectivity index (χ2n) is 7.91. The van der Waals surface area contributed by atoms with Crippen molar-refractivity contribution in [3.63, 3.8) is 0 Å². The van der Waals surface area contributed by atoms with Gasteiger partial charge in [-0.1, -0.05) is 6.08 Å². The van der Waals surface area contributed by atoms with Gasteiger partial charge in [-0.25, -0.2) is 0 Å². The van der Waals surface area contributed by atoms with E-state index >= 15 is 0 Å². The van der Waals surface area contributed by atoms with E-state index in [0.717, 1.165) is 27.9 Å². The lowest BCUT2D eigenvalue weighted by Gasteiger charge is -2.21. The summed E-state index contributed by atoms with van der Waals surface area (Å²) in [5.41, 5.74) is 2.31. The lowest BCUT2D eigenvalue weighted by Crippen LogP contribution is -2.41. The fourth-order valence-corrected chi connectivity index (χ4v) is 5.51. The largest absolute Gasteiger partial charge is 0.350 e. The molecule has 29 heavy (non-hydrogen) atoms.